The van der Waals surface area contributed by atoms with Crippen LogP contribution in [0.25, 0.3) is 0 Å². The number of rotatable bonds is 12. The van der Waals surface area contributed by atoms with Crippen LogP contribution in [0.1, 0.15) is 11.1 Å². The molecule has 4 rings (SSSR count). The van der Waals surface area contributed by atoms with Gasteiger partial charge in [-0.25, -0.2) is 0 Å². The molecule has 55 heavy (non-hydrogen) atoms. The van der Waals surface area contributed by atoms with Gasteiger partial charge < -0.3 is 0 Å². The fourth-order valence-electron chi connectivity index (χ4n) is 11.7. The van der Waals surface area contributed by atoms with Crippen molar-refractivity contribution in [1.82, 2.24) is 0 Å². The van der Waals surface area contributed by atoms with E-state index in [1.165, 1.54) is 0 Å². The standard InChI is InChI=1S/C47H84Si8/c1-48(2,3)39-35-45(54(19,20)21,43(52(13,14)15)41(39)50(7,8)9)47(37-31-27-25-28-32-37,38-33-29-26-30-34-38)46(55(22,23)24)36-40(49(4,5)6)42(51(10,11)12)44(46)53(16,17)18/h25-36H,1-24H3. The van der Waals surface area contributed by atoms with Gasteiger partial charge in [-0.05, 0) is 11.1 Å². The Morgan fingerprint density at radius 1 is 0.327 bits per heavy atom. The zero-order chi connectivity index (χ0) is 42.6. The molecule has 0 aromatic heterocycles. The molecular formula is C47H84Si8. The molecule has 0 saturated carbocycles. The summed E-state index contributed by atoms with van der Waals surface area (Å²) in [6, 6.07) is 24.7. The quantitative estimate of drug-likeness (QED) is 0.186. The van der Waals surface area contributed by atoms with Crippen molar-refractivity contribution >= 4 is 64.6 Å². The van der Waals surface area contributed by atoms with E-state index in [1.807, 2.05) is 31.2 Å². The molecule has 0 spiro atoms. The van der Waals surface area contributed by atoms with E-state index in [2.05, 4.69) is 230 Å². The first kappa shape index (κ1) is 46.8. The first-order valence-electron chi connectivity index (χ1n) is 21.5. The zero-order valence-electron chi connectivity index (χ0n) is 40.4. The Bertz CT molecular complexity index is 1750. The summed E-state index contributed by atoms with van der Waals surface area (Å²) in [6.45, 7) is 65.7. The maximum atomic E-state index is 3.14. The summed E-state index contributed by atoms with van der Waals surface area (Å²) in [7, 11) is -15.9. The molecule has 2 atom stereocenters. The van der Waals surface area contributed by atoms with Crippen molar-refractivity contribution in [2.24, 2.45) is 0 Å². The predicted octanol–water partition coefficient (Wildman–Crippen LogP) is 15.9. The van der Waals surface area contributed by atoms with Crippen LogP contribution in [0.2, 0.25) is 167 Å². The zero-order valence-corrected chi connectivity index (χ0v) is 48.4. The third-order valence-corrected chi connectivity index (χ3v) is 33.2. The average Bonchev–Trinajstić information content (AvgIpc) is 3.57. The first-order valence-corrected chi connectivity index (χ1v) is 49.5. The maximum absolute atomic E-state index is 3.14. The largest absolute Gasteiger partial charge is 0.0771 e. The minimum Gasteiger partial charge on any atom is -0.0771 e. The second-order valence-electron chi connectivity index (χ2n) is 25.7. The smallest absolute Gasteiger partial charge is 0.0770 e. The van der Waals surface area contributed by atoms with Crippen molar-refractivity contribution in [3.8, 4) is 0 Å². The van der Waals surface area contributed by atoms with E-state index in [4.69, 9.17) is 0 Å². The molecule has 0 heterocycles. The van der Waals surface area contributed by atoms with Gasteiger partial charge in [-0.3, -0.25) is 0 Å². The van der Waals surface area contributed by atoms with Gasteiger partial charge in [-0.2, -0.15) is 0 Å². The monoisotopic (exact) mass is 872 g/mol. The van der Waals surface area contributed by atoms with Gasteiger partial charge in [0, 0.05) is 15.5 Å². The Balaban J connectivity index is 2.77. The third kappa shape index (κ3) is 7.39. The van der Waals surface area contributed by atoms with Crippen molar-refractivity contribution in [1.29, 1.82) is 0 Å². The van der Waals surface area contributed by atoms with Crippen LogP contribution >= 0.6 is 0 Å². The van der Waals surface area contributed by atoms with E-state index >= 15 is 0 Å². The van der Waals surface area contributed by atoms with E-state index in [0.29, 0.717) is 0 Å². The fourth-order valence-corrected chi connectivity index (χ4v) is 43.6. The molecule has 0 N–H and O–H groups in total. The summed E-state index contributed by atoms with van der Waals surface area (Å²) < 4.78 is 0. The van der Waals surface area contributed by atoms with E-state index < -0.39 is 64.6 Å². The molecule has 0 bridgehead atoms. The molecule has 304 valence electrons. The Kier molecular flexibility index (Phi) is 12.0. The molecule has 2 aliphatic carbocycles. The van der Waals surface area contributed by atoms with E-state index in [-0.39, 0.29) is 15.5 Å². The van der Waals surface area contributed by atoms with Crippen LogP contribution in [0.15, 0.2) is 104 Å². The van der Waals surface area contributed by atoms with Crippen LogP contribution < -0.4 is 0 Å². The van der Waals surface area contributed by atoms with Gasteiger partial charge in [-0.15, -0.1) is 0 Å². The van der Waals surface area contributed by atoms with Crippen molar-refractivity contribution in [2.75, 3.05) is 0 Å². The molecule has 0 saturated heterocycles. The fraction of sp³-hybridized carbons (Fsp3) is 0.574. The van der Waals surface area contributed by atoms with Gasteiger partial charge in [0.1, 0.15) is 0 Å². The lowest BCUT2D eigenvalue weighted by atomic mass is 9.57. The highest BCUT2D eigenvalue weighted by molar-refractivity contribution is 7.00. The van der Waals surface area contributed by atoms with Gasteiger partial charge >= 0.3 is 0 Å². The lowest BCUT2D eigenvalue weighted by Gasteiger charge is -2.69. The topological polar surface area (TPSA) is 0 Å². The maximum Gasteiger partial charge on any atom is 0.0770 e. The van der Waals surface area contributed by atoms with Gasteiger partial charge in [0.25, 0.3) is 0 Å². The Morgan fingerprint density at radius 3 is 0.764 bits per heavy atom. The molecule has 8 heteroatoms. The average molecular weight is 874 g/mol. The second-order valence-corrected chi connectivity index (χ2v) is 66.4. The van der Waals surface area contributed by atoms with Gasteiger partial charge in [0.15, 0.2) is 0 Å². The molecule has 0 nitrogen and oxygen atoms in total. The van der Waals surface area contributed by atoms with Crippen LogP contribution in [0.5, 0.6) is 0 Å². The molecule has 2 unspecified atom stereocenters. The summed E-state index contributed by atoms with van der Waals surface area (Å²) in [5.41, 5.74) is 2.81. The summed E-state index contributed by atoms with van der Waals surface area (Å²) >= 11 is 0. The molecule has 0 radical (unpaired) electrons. The Hall–Kier alpha value is -0.865. The van der Waals surface area contributed by atoms with Crippen LogP contribution in [-0.4, -0.2) is 64.6 Å². The minimum absolute atomic E-state index is 0.139. The van der Waals surface area contributed by atoms with Gasteiger partial charge in [0.05, 0.1) is 64.6 Å². The molecule has 2 aromatic carbocycles. The molecule has 2 aliphatic rings. The minimum atomic E-state index is -2.25. The number of hydrogen-bond donors (Lipinski definition) is 0. The van der Waals surface area contributed by atoms with Crippen molar-refractivity contribution < 1.29 is 0 Å². The molecule has 2 aromatic rings. The Morgan fingerprint density at radius 2 is 0.582 bits per heavy atom. The van der Waals surface area contributed by atoms with Crippen molar-refractivity contribution in [3.05, 3.63) is 115 Å². The summed E-state index contributed by atoms with van der Waals surface area (Å²) in [5.74, 6) is 0. The highest BCUT2D eigenvalue weighted by atomic mass is 28.3. The second kappa shape index (κ2) is 14.1. The predicted molar refractivity (Wildman–Crippen MR) is 276 cm³/mol. The lowest BCUT2D eigenvalue weighted by Crippen LogP contribution is -2.67. The van der Waals surface area contributed by atoms with Crippen LogP contribution in [0.4, 0.5) is 0 Å². The first-order chi connectivity index (χ1) is 24.4. The van der Waals surface area contributed by atoms with E-state index in [1.54, 1.807) is 11.1 Å². The Labute approximate surface area is 350 Å². The molecule has 0 amide bonds. The van der Waals surface area contributed by atoms with Crippen LogP contribution in [-0.2, 0) is 5.41 Å². The van der Waals surface area contributed by atoms with E-state index in [0.717, 1.165) is 0 Å². The van der Waals surface area contributed by atoms with Crippen LogP contribution in [0.3, 0.4) is 0 Å². The number of hydrogen-bond acceptors (Lipinski definition) is 0. The highest BCUT2D eigenvalue weighted by Crippen LogP contribution is 2.82. The molecular weight excluding hydrogens is 789 g/mol. The SMILES string of the molecule is C[Si](C)(C)C1=CC(C(c2ccccc2)(c2ccccc2)C2([Si](C)(C)C)C=C([Si](C)(C)C)C([Si](C)(C)C)=C2[Si](C)(C)C)([Si](C)(C)C)C([Si](C)(C)C)=C1[Si](C)(C)C. The van der Waals surface area contributed by atoms with Crippen molar-refractivity contribution in [2.45, 2.75) is 173 Å². The lowest BCUT2D eigenvalue weighted by molar-refractivity contribution is 0.374. The normalized spacial score (nSPS) is 22.8. The van der Waals surface area contributed by atoms with Gasteiger partial charge in [0.2, 0.25) is 0 Å². The van der Waals surface area contributed by atoms with E-state index in [9.17, 15) is 0 Å². The molecule has 0 aliphatic heterocycles. The summed E-state index contributed by atoms with van der Waals surface area (Å²) in [6.07, 6.45) is 6.29. The van der Waals surface area contributed by atoms with Gasteiger partial charge in [-0.1, -0.05) is 261 Å². The summed E-state index contributed by atoms with van der Waals surface area (Å²) in [4.78, 5) is 0. The number of allylic oxidation sites excluding steroid dienone is 8. The van der Waals surface area contributed by atoms with Crippen LogP contribution in [0, 0.1) is 0 Å². The van der Waals surface area contributed by atoms with Crippen molar-refractivity contribution in [3.63, 3.8) is 0 Å². The number of benzene rings is 2. The third-order valence-electron chi connectivity index (χ3n) is 13.1. The molecule has 0 fully saturated rings. The highest BCUT2D eigenvalue weighted by Gasteiger charge is 2.76. The summed E-state index contributed by atoms with van der Waals surface area (Å²) in [5, 5.41) is 11.1.